The van der Waals surface area contributed by atoms with Crippen LogP contribution in [0.1, 0.15) is 15.9 Å². The predicted octanol–water partition coefficient (Wildman–Crippen LogP) is 0.807. The van der Waals surface area contributed by atoms with Gasteiger partial charge in [0.1, 0.15) is 0 Å². The fourth-order valence-electron chi connectivity index (χ4n) is 4.03. The van der Waals surface area contributed by atoms with E-state index >= 15 is 0 Å². The van der Waals surface area contributed by atoms with Crippen molar-refractivity contribution in [1.82, 2.24) is 14.5 Å². The Bertz CT molecular complexity index is 1290. The van der Waals surface area contributed by atoms with Crippen molar-refractivity contribution in [1.29, 1.82) is 0 Å². The molecule has 0 unspecified atom stereocenters. The van der Waals surface area contributed by atoms with E-state index in [0.29, 0.717) is 39.3 Å². The van der Waals surface area contributed by atoms with Crippen molar-refractivity contribution in [3.05, 3.63) is 62.6 Å². The first-order valence-electron chi connectivity index (χ1n) is 10.3. The van der Waals surface area contributed by atoms with E-state index in [1.165, 1.54) is 9.47 Å². The third kappa shape index (κ3) is 3.70. The number of aromatic nitrogens is 2. The van der Waals surface area contributed by atoms with E-state index in [4.69, 9.17) is 21.7 Å². The van der Waals surface area contributed by atoms with E-state index in [9.17, 15) is 9.59 Å². The van der Waals surface area contributed by atoms with E-state index in [0.717, 1.165) is 31.7 Å². The Hall–Kier alpha value is -3.17. The molecule has 1 amide bonds. The van der Waals surface area contributed by atoms with Gasteiger partial charge in [0, 0.05) is 5.56 Å². The number of aromatic amines is 1. The lowest BCUT2D eigenvalue weighted by atomic mass is 10.1. The SMILES string of the molecule is C[NH+]1CCN(C(=O)c2ccc3c(=O)n(Cc4ccc5c(c4)OCO5)c(=S)[nH]c3c2)CC1. The summed E-state index contributed by atoms with van der Waals surface area (Å²) in [5.74, 6) is 1.34. The van der Waals surface area contributed by atoms with Gasteiger partial charge in [0.05, 0.1) is 50.7 Å². The number of hydrogen-bond donors (Lipinski definition) is 2. The van der Waals surface area contributed by atoms with E-state index in [2.05, 4.69) is 12.0 Å². The first kappa shape index (κ1) is 19.8. The maximum atomic E-state index is 13.1. The Morgan fingerprint density at radius 1 is 1.13 bits per heavy atom. The van der Waals surface area contributed by atoms with Crippen LogP contribution in [-0.4, -0.2) is 60.4 Å². The van der Waals surface area contributed by atoms with E-state index < -0.39 is 0 Å². The molecule has 0 spiro atoms. The second-order valence-electron chi connectivity index (χ2n) is 8.02. The van der Waals surface area contributed by atoms with Gasteiger partial charge in [-0.1, -0.05) is 6.07 Å². The Labute approximate surface area is 183 Å². The summed E-state index contributed by atoms with van der Waals surface area (Å²) in [4.78, 5) is 32.4. The molecule has 0 saturated carbocycles. The monoisotopic (exact) mass is 439 g/mol. The second-order valence-corrected chi connectivity index (χ2v) is 8.41. The highest BCUT2D eigenvalue weighted by molar-refractivity contribution is 7.71. The Balaban J connectivity index is 1.46. The van der Waals surface area contributed by atoms with Crippen molar-refractivity contribution in [3.63, 3.8) is 0 Å². The summed E-state index contributed by atoms with van der Waals surface area (Å²) >= 11 is 5.47. The van der Waals surface area contributed by atoms with Gasteiger partial charge < -0.3 is 24.3 Å². The van der Waals surface area contributed by atoms with E-state index in [1.54, 1.807) is 18.2 Å². The normalized spacial score (nSPS) is 16.1. The molecule has 3 aromatic rings. The van der Waals surface area contributed by atoms with Gasteiger partial charge in [0.25, 0.3) is 11.5 Å². The molecule has 3 heterocycles. The highest BCUT2D eigenvalue weighted by Crippen LogP contribution is 2.32. The van der Waals surface area contributed by atoms with Crippen LogP contribution in [0.25, 0.3) is 10.9 Å². The molecule has 0 atom stereocenters. The van der Waals surface area contributed by atoms with Crippen LogP contribution in [0.5, 0.6) is 11.5 Å². The van der Waals surface area contributed by atoms with Gasteiger partial charge >= 0.3 is 0 Å². The fourth-order valence-corrected chi connectivity index (χ4v) is 4.28. The number of likely N-dealkylation sites (N-methyl/N-ethyl adjacent to an activating group) is 1. The average Bonchev–Trinajstić information content (AvgIpc) is 3.24. The van der Waals surface area contributed by atoms with Gasteiger partial charge in [-0.15, -0.1) is 0 Å². The summed E-state index contributed by atoms with van der Waals surface area (Å²) in [7, 11) is 2.13. The lowest BCUT2D eigenvalue weighted by Crippen LogP contribution is -3.12. The standard InChI is InChI=1S/C22H22N4O4S/c1-24-6-8-25(9-7-24)20(27)15-3-4-16-17(11-15)23-22(31)26(21(16)28)12-14-2-5-18-19(10-14)30-13-29-18/h2-5,10-11H,6-9,12-13H2,1H3,(H,23,31)/p+1. The summed E-state index contributed by atoms with van der Waals surface area (Å²) in [6, 6.07) is 10.7. The Kier molecular flexibility index (Phi) is 4.99. The first-order valence-corrected chi connectivity index (χ1v) is 10.7. The Morgan fingerprint density at radius 2 is 1.90 bits per heavy atom. The molecule has 5 rings (SSSR count). The van der Waals surface area contributed by atoms with E-state index in [1.807, 2.05) is 23.1 Å². The van der Waals surface area contributed by atoms with Crippen molar-refractivity contribution in [2.45, 2.75) is 6.54 Å². The number of nitrogens with zero attached hydrogens (tertiary/aromatic N) is 2. The number of nitrogens with one attached hydrogen (secondary N) is 2. The lowest BCUT2D eigenvalue weighted by molar-refractivity contribution is -0.883. The molecule has 1 fully saturated rings. The molecular weight excluding hydrogens is 416 g/mol. The van der Waals surface area contributed by atoms with Crippen LogP contribution in [0.2, 0.25) is 0 Å². The number of H-pyrrole nitrogens is 1. The van der Waals surface area contributed by atoms with Gasteiger partial charge in [-0.25, -0.2) is 0 Å². The van der Waals surface area contributed by atoms with E-state index in [-0.39, 0.29) is 18.3 Å². The van der Waals surface area contributed by atoms with Crippen LogP contribution in [0, 0.1) is 4.77 Å². The molecule has 1 aromatic heterocycles. The third-order valence-electron chi connectivity index (χ3n) is 5.91. The second kappa shape index (κ2) is 7.82. The molecule has 2 aromatic carbocycles. The number of quaternary nitrogens is 1. The number of carbonyl (C=O) groups excluding carboxylic acids is 1. The van der Waals surface area contributed by atoms with Crippen LogP contribution in [0.3, 0.4) is 0 Å². The number of carbonyl (C=O) groups is 1. The van der Waals surface area contributed by atoms with Crippen LogP contribution in [0.15, 0.2) is 41.2 Å². The molecule has 2 aliphatic rings. The Morgan fingerprint density at radius 3 is 2.71 bits per heavy atom. The zero-order valence-corrected chi connectivity index (χ0v) is 18.0. The molecule has 9 heteroatoms. The highest BCUT2D eigenvalue weighted by Gasteiger charge is 2.23. The van der Waals surface area contributed by atoms with Crippen LogP contribution in [0.4, 0.5) is 0 Å². The molecule has 2 N–H and O–H groups in total. The average molecular weight is 440 g/mol. The number of rotatable bonds is 3. The smallest absolute Gasteiger partial charge is 0.262 e. The molecule has 0 bridgehead atoms. The molecular formula is C22H23N4O4S+. The summed E-state index contributed by atoms with van der Waals surface area (Å²) < 4.78 is 12.6. The number of piperazine rings is 1. The van der Waals surface area contributed by atoms with Gasteiger partial charge in [0.15, 0.2) is 16.3 Å². The molecule has 31 heavy (non-hydrogen) atoms. The molecule has 1 saturated heterocycles. The summed E-state index contributed by atoms with van der Waals surface area (Å²) in [5, 5.41) is 0.494. The summed E-state index contributed by atoms with van der Waals surface area (Å²) in [6.07, 6.45) is 0. The number of ether oxygens (including phenoxy) is 2. The predicted molar refractivity (Wildman–Crippen MR) is 118 cm³/mol. The molecule has 2 aliphatic heterocycles. The van der Waals surface area contributed by atoms with Gasteiger partial charge in [-0.3, -0.25) is 14.2 Å². The number of amides is 1. The number of hydrogen-bond acceptors (Lipinski definition) is 5. The highest BCUT2D eigenvalue weighted by atomic mass is 32.1. The van der Waals surface area contributed by atoms with Gasteiger partial charge in [-0.2, -0.15) is 0 Å². The quantitative estimate of drug-likeness (QED) is 0.591. The van der Waals surface area contributed by atoms with Crippen molar-refractivity contribution in [2.75, 3.05) is 40.0 Å². The topological polar surface area (TPSA) is 81.0 Å². The third-order valence-corrected chi connectivity index (χ3v) is 6.23. The number of fused-ring (bicyclic) bond motifs is 2. The van der Waals surface area contributed by atoms with Crippen molar-refractivity contribution < 1.29 is 19.2 Å². The van der Waals surface area contributed by atoms with Crippen molar-refractivity contribution >= 4 is 29.0 Å². The molecule has 0 aliphatic carbocycles. The van der Waals surface area contributed by atoms with Crippen LogP contribution in [-0.2, 0) is 6.54 Å². The van der Waals surface area contributed by atoms with Gasteiger partial charge in [-0.05, 0) is 48.1 Å². The van der Waals surface area contributed by atoms with Gasteiger partial charge in [0.2, 0.25) is 6.79 Å². The van der Waals surface area contributed by atoms with Crippen molar-refractivity contribution in [2.24, 2.45) is 0 Å². The minimum Gasteiger partial charge on any atom is -0.454 e. The first-order chi connectivity index (χ1) is 15.0. The maximum Gasteiger partial charge on any atom is 0.262 e. The minimum atomic E-state index is -0.196. The summed E-state index contributed by atoms with van der Waals surface area (Å²) in [5.41, 5.74) is 1.82. The molecule has 0 radical (unpaired) electrons. The molecule has 8 nitrogen and oxygen atoms in total. The van der Waals surface area contributed by atoms with Crippen LogP contribution < -0.4 is 19.9 Å². The van der Waals surface area contributed by atoms with Crippen LogP contribution >= 0.6 is 12.2 Å². The minimum absolute atomic E-state index is 0.0155. The van der Waals surface area contributed by atoms with Crippen molar-refractivity contribution in [3.8, 4) is 11.5 Å². The largest absolute Gasteiger partial charge is 0.454 e. The summed E-state index contributed by atoms with van der Waals surface area (Å²) in [6.45, 7) is 3.85. The zero-order valence-electron chi connectivity index (χ0n) is 17.1. The lowest BCUT2D eigenvalue weighted by Gasteiger charge is -2.30. The number of benzene rings is 2. The maximum absolute atomic E-state index is 13.1. The zero-order chi connectivity index (χ0) is 21.5. The fraction of sp³-hybridized carbons (Fsp3) is 0.318. The molecule has 160 valence electrons.